The molecule has 1 N–H and O–H groups in total. The molecule has 3 nitrogen and oxygen atoms in total. The fraction of sp³-hybridized carbons (Fsp3) is 0.692. The van der Waals surface area contributed by atoms with Crippen LogP contribution >= 0.6 is 11.8 Å². The summed E-state index contributed by atoms with van der Waals surface area (Å²) < 4.78 is 0. The van der Waals surface area contributed by atoms with Gasteiger partial charge in [0.1, 0.15) is 17.2 Å². The monoisotopic (exact) mass is 251 g/mol. The zero-order valence-corrected chi connectivity index (χ0v) is 11.5. The second-order valence-corrected chi connectivity index (χ2v) is 6.00. The minimum absolute atomic E-state index is 0.447. The summed E-state index contributed by atoms with van der Waals surface area (Å²) >= 11 is 1.65. The van der Waals surface area contributed by atoms with E-state index < -0.39 is 0 Å². The van der Waals surface area contributed by atoms with Gasteiger partial charge in [0.2, 0.25) is 0 Å². The second-order valence-electron chi connectivity index (χ2n) is 5.17. The topological polar surface area (TPSA) is 37.8 Å². The van der Waals surface area contributed by atoms with Crippen LogP contribution < -0.4 is 5.32 Å². The average Bonchev–Trinajstić information content (AvgIpc) is 2.38. The molecule has 1 aliphatic rings. The minimum Gasteiger partial charge on any atom is -0.369 e. The van der Waals surface area contributed by atoms with Gasteiger partial charge in [0.25, 0.3) is 0 Å². The number of hydrogen-bond donors (Lipinski definition) is 1. The van der Waals surface area contributed by atoms with Crippen molar-refractivity contribution in [3.8, 4) is 0 Å². The summed E-state index contributed by atoms with van der Waals surface area (Å²) in [6.45, 7) is 3.41. The van der Waals surface area contributed by atoms with Gasteiger partial charge in [-0.1, -0.05) is 26.2 Å². The van der Waals surface area contributed by atoms with Crippen molar-refractivity contribution >= 4 is 17.6 Å². The van der Waals surface area contributed by atoms with E-state index in [-0.39, 0.29) is 0 Å². The molecule has 1 heterocycles. The number of nitrogens with zero attached hydrogens (tertiary/aromatic N) is 2. The highest BCUT2D eigenvalue weighted by Crippen LogP contribution is 2.35. The molecule has 0 unspecified atom stereocenters. The lowest BCUT2D eigenvalue weighted by Crippen LogP contribution is -2.29. The molecule has 17 heavy (non-hydrogen) atoms. The van der Waals surface area contributed by atoms with Gasteiger partial charge in [0.05, 0.1) is 0 Å². The predicted molar refractivity (Wildman–Crippen MR) is 73.5 cm³/mol. The van der Waals surface area contributed by atoms with Crippen LogP contribution in [0.25, 0.3) is 0 Å². The quantitative estimate of drug-likeness (QED) is 0.655. The molecular formula is C13H21N3S. The predicted octanol–water partition coefficient (Wildman–Crippen LogP) is 3.58. The van der Waals surface area contributed by atoms with Crippen molar-refractivity contribution in [3.63, 3.8) is 0 Å². The standard InChI is InChI=1S/C13H21N3S/c1-13(6-4-3-5-7-13)9-14-11-8-12(17-2)16-10-15-11/h8,10H,3-7,9H2,1-2H3,(H,14,15,16). The normalized spacial score (nSPS) is 18.9. The molecule has 1 aliphatic carbocycles. The molecule has 2 rings (SSSR count). The Morgan fingerprint density at radius 2 is 2.06 bits per heavy atom. The number of rotatable bonds is 4. The van der Waals surface area contributed by atoms with E-state index in [0.717, 1.165) is 17.4 Å². The largest absolute Gasteiger partial charge is 0.369 e. The van der Waals surface area contributed by atoms with Crippen LogP contribution in [0.5, 0.6) is 0 Å². The van der Waals surface area contributed by atoms with Crippen molar-refractivity contribution < 1.29 is 0 Å². The van der Waals surface area contributed by atoms with Crippen molar-refractivity contribution in [2.24, 2.45) is 5.41 Å². The van der Waals surface area contributed by atoms with Crippen LogP contribution in [0.2, 0.25) is 0 Å². The van der Waals surface area contributed by atoms with E-state index in [1.807, 2.05) is 12.3 Å². The van der Waals surface area contributed by atoms with Crippen molar-refractivity contribution in [1.82, 2.24) is 9.97 Å². The van der Waals surface area contributed by atoms with E-state index in [4.69, 9.17) is 0 Å². The highest BCUT2D eigenvalue weighted by Gasteiger charge is 2.26. The first-order valence-electron chi connectivity index (χ1n) is 6.32. The number of nitrogens with one attached hydrogen (secondary N) is 1. The Balaban J connectivity index is 1.92. The molecule has 0 aliphatic heterocycles. The first kappa shape index (κ1) is 12.7. The van der Waals surface area contributed by atoms with Gasteiger partial charge >= 0.3 is 0 Å². The molecule has 1 aromatic heterocycles. The highest BCUT2D eigenvalue weighted by molar-refractivity contribution is 7.98. The van der Waals surface area contributed by atoms with Gasteiger partial charge in [-0.05, 0) is 24.5 Å². The van der Waals surface area contributed by atoms with Gasteiger partial charge in [-0.25, -0.2) is 9.97 Å². The average molecular weight is 251 g/mol. The van der Waals surface area contributed by atoms with Gasteiger partial charge < -0.3 is 5.32 Å². The van der Waals surface area contributed by atoms with E-state index in [1.165, 1.54) is 32.1 Å². The maximum atomic E-state index is 4.27. The van der Waals surface area contributed by atoms with Crippen LogP contribution in [0.3, 0.4) is 0 Å². The van der Waals surface area contributed by atoms with Gasteiger partial charge in [-0.3, -0.25) is 0 Å². The van der Waals surface area contributed by atoms with E-state index in [0.29, 0.717) is 5.41 Å². The summed E-state index contributed by atoms with van der Waals surface area (Å²) in [5.74, 6) is 0.955. The van der Waals surface area contributed by atoms with E-state index in [9.17, 15) is 0 Å². The fourth-order valence-corrected chi connectivity index (χ4v) is 2.82. The summed E-state index contributed by atoms with van der Waals surface area (Å²) in [7, 11) is 0. The molecule has 0 radical (unpaired) electrons. The van der Waals surface area contributed by atoms with E-state index >= 15 is 0 Å². The van der Waals surface area contributed by atoms with Crippen LogP contribution in [0.15, 0.2) is 17.4 Å². The Labute approximate surface area is 108 Å². The van der Waals surface area contributed by atoms with E-state index in [1.54, 1.807) is 18.1 Å². The van der Waals surface area contributed by atoms with Gasteiger partial charge in [0.15, 0.2) is 0 Å². The molecule has 0 amide bonds. The maximum Gasteiger partial charge on any atom is 0.130 e. The zero-order valence-electron chi connectivity index (χ0n) is 10.7. The van der Waals surface area contributed by atoms with Crippen molar-refractivity contribution in [1.29, 1.82) is 0 Å². The molecular weight excluding hydrogens is 230 g/mol. The highest BCUT2D eigenvalue weighted by atomic mass is 32.2. The minimum atomic E-state index is 0.447. The van der Waals surface area contributed by atoms with Crippen LogP contribution in [-0.2, 0) is 0 Å². The van der Waals surface area contributed by atoms with Crippen LogP contribution in [0, 0.1) is 5.41 Å². The second kappa shape index (κ2) is 5.71. The van der Waals surface area contributed by atoms with Crippen molar-refractivity contribution in [3.05, 3.63) is 12.4 Å². The molecule has 94 valence electrons. The molecule has 0 spiro atoms. The summed E-state index contributed by atoms with van der Waals surface area (Å²) in [5.41, 5.74) is 0.447. The van der Waals surface area contributed by atoms with E-state index in [2.05, 4.69) is 22.2 Å². The third-order valence-corrected chi connectivity index (χ3v) is 4.25. The van der Waals surface area contributed by atoms with Crippen LogP contribution in [-0.4, -0.2) is 22.8 Å². The third kappa shape index (κ3) is 3.60. The number of thioether (sulfide) groups is 1. The van der Waals surface area contributed by atoms with Crippen LogP contribution in [0.1, 0.15) is 39.0 Å². The summed E-state index contributed by atoms with van der Waals surface area (Å²) in [5, 5.41) is 4.49. The summed E-state index contributed by atoms with van der Waals surface area (Å²) in [6.07, 6.45) is 10.5. The third-order valence-electron chi connectivity index (χ3n) is 3.61. The molecule has 0 aromatic carbocycles. The molecule has 1 fully saturated rings. The van der Waals surface area contributed by atoms with Gasteiger partial charge in [-0.15, -0.1) is 11.8 Å². The first-order valence-corrected chi connectivity index (χ1v) is 7.54. The van der Waals surface area contributed by atoms with Crippen molar-refractivity contribution in [2.75, 3.05) is 18.1 Å². The lowest BCUT2D eigenvalue weighted by atomic mass is 9.76. The molecule has 1 aromatic rings. The zero-order chi connectivity index (χ0) is 12.1. The fourth-order valence-electron chi connectivity index (χ4n) is 2.43. The van der Waals surface area contributed by atoms with Crippen LogP contribution in [0.4, 0.5) is 5.82 Å². The Morgan fingerprint density at radius 3 is 2.76 bits per heavy atom. The molecule has 1 saturated carbocycles. The Kier molecular flexibility index (Phi) is 4.26. The smallest absolute Gasteiger partial charge is 0.130 e. The van der Waals surface area contributed by atoms with Gasteiger partial charge in [-0.2, -0.15) is 0 Å². The molecule has 4 heteroatoms. The molecule has 0 atom stereocenters. The SMILES string of the molecule is CSc1cc(NCC2(C)CCCCC2)ncn1. The van der Waals surface area contributed by atoms with Gasteiger partial charge in [0, 0.05) is 12.6 Å². The lowest BCUT2D eigenvalue weighted by molar-refractivity contribution is 0.233. The summed E-state index contributed by atoms with van der Waals surface area (Å²) in [4.78, 5) is 8.45. The maximum absolute atomic E-state index is 4.27. The Bertz CT molecular complexity index is 361. The van der Waals surface area contributed by atoms with Crippen molar-refractivity contribution in [2.45, 2.75) is 44.1 Å². The molecule has 0 bridgehead atoms. The Morgan fingerprint density at radius 1 is 1.29 bits per heavy atom. The number of aromatic nitrogens is 2. The Hall–Kier alpha value is -0.770. The first-order chi connectivity index (χ1) is 8.22. The molecule has 0 saturated heterocycles. The number of anilines is 1. The number of hydrogen-bond acceptors (Lipinski definition) is 4. The summed E-state index contributed by atoms with van der Waals surface area (Å²) in [6, 6.07) is 2.02. The lowest BCUT2D eigenvalue weighted by Gasteiger charge is -2.33.